The van der Waals surface area contributed by atoms with Gasteiger partial charge in [-0.3, -0.25) is 0 Å². The molecule has 0 aromatic carbocycles. The van der Waals surface area contributed by atoms with Gasteiger partial charge in [0.05, 0.1) is 14.4 Å². The molecule has 0 radical (unpaired) electrons. The second-order valence-corrected chi connectivity index (χ2v) is 5.90. The summed E-state index contributed by atoms with van der Waals surface area (Å²) in [5.41, 5.74) is 7.78. The first kappa shape index (κ1) is 9.18. The van der Waals surface area contributed by atoms with Crippen LogP contribution < -0.4 is 5.73 Å². The first-order valence-electron chi connectivity index (χ1n) is 3.64. The highest BCUT2D eigenvalue weighted by atomic mass is 79.9. The van der Waals surface area contributed by atoms with Crippen LogP contribution in [-0.2, 0) is 0 Å². The fraction of sp³-hybridized carbons (Fsp3) is 0.125. The highest BCUT2D eigenvalue weighted by molar-refractivity contribution is 9.11. The molecule has 2 rings (SSSR count). The summed E-state index contributed by atoms with van der Waals surface area (Å²) in [5, 5.41) is 2.60. The lowest BCUT2D eigenvalue weighted by Gasteiger charge is -1.85. The number of nitrogens with two attached hydrogens (primary N) is 1. The van der Waals surface area contributed by atoms with Crippen molar-refractivity contribution in [1.29, 1.82) is 0 Å². The summed E-state index contributed by atoms with van der Waals surface area (Å²) in [4.78, 5) is 5.39. The van der Waals surface area contributed by atoms with Crippen molar-refractivity contribution in [1.82, 2.24) is 4.98 Å². The standard InChI is InChI=1S/C8H7BrN2S2/c1-4-2-6(13-7(4)9)5-3-12-8(10)11-5/h2-3H,1H3,(H2,10,11). The molecule has 68 valence electrons. The third-order valence-electron chi connectivity index (χ3n) is 1.63. The molecule has 0 spiro atoms. The molecule has 2 aromatic rings. The van der Waals surface area contributed by atoms with Crippen molar-refractivity contribution in [3.63, 3.8) is 0 Å². The summed E-state index contributed by atoms with van der Waals surface area (Å²) in [6, 6.07) is 2.11. The van der Waals surface area contributed by atoms with E-state index >= 15 is 0 Å². The predicted molar refractivity (Wildman–Crippen MR) is 62.3 cm³/mol. The lowest BCUT2D eigenvalue weighted by atomic mass is 10.3. The van der Waals surface area contributed by atoms with Gasteiger partial charge in [0.15, 0.2) is 5.13 Å². The molecule has 2 heterocycles. The number of nitrogens with zero attached hydrogens (tertiary/aromatic N) is 1. The lowest BCUT2D eigenvalue weighted by molar-refractivity contribution is 1.43. The van der Waals surface area contributed by atoms with Crippen molar-refractivity contribution in [3.05, 3.63) is 20.8 Å². The number of anilines is 1. The van der Waals surface area contributed by atoms with Crippen LogP contribution in [0.5, 0.6) is 0 Å². The van der Waals surface area contributed by atoms with Crippen molar-refractivity contribution in [2.75, 3.05) is 5.73 Å². The summed E-state index contributed by atoms with van der Waals surface area (Å²) in [7, 11) is 0. The number of aromatic nitrogens is 1. The molecule has 0 atom stereocenters. The van der Waals surface area contributed by atoms with Gasteiger partial charge in [0.25, 0.3) is 0 Å². The Hall–Kier alpha value is -0.390. The average molecular weight is 275 g/mol. The van der Waals surface area contributed by atoms with Crippen molar-refractivity contribution in [2.45, 2.75) is 6.92 Å². The number of rotatable bonds is 1. The number of hydrogen-bond acceptors (Lipinski definition) is 4. The van der Waals surface area contributed by atoms with E-state index in [0.29, 0.717) is 5.13 Å². The largest absolute Gasteiger partial charge is 0.375 e. The van der Waals surface area contributed by atoms with E-state index in [1.165, 1.54) is 16.9 Å². The highest BCUT2D eigenvalue weighted by Gasteiger charge is 2.07. The van der Waals surface area contributed by atoms with E-state index in [1.54, 1.807) is 11.3 Å². The quantitative estimate of drug-likeness (QED) is 0.864. The zero-order valence-corrected chi connectivity index (χ0v) is 10.1. The minimum Gasteiger partial charge on any atom is -0.375 e. The van der Waals surface area contributed by atoms with E-state index in [4.69, 9.17) is 5.73 Å². The van der Waals surface area contributed by atoms with Crippen LogP contribution in [0.2, 0.25) is 0 Å². The third kappa shape index (κ3) is 1.77. The molecule has 0 fully saturated rings. The third-order valence-corrected chi connectivity index (χ3v) is 4.46. The minimum atomic E-state index is 0.622. The van der Waals surface area contributed by atoms with E-state index in [-0.39, 0.29) is 0 Å². The Morgan fingerprint density at radius 2 is 2.31 bits per heavy atom. The molecule has 5 heteroatoms. The molecule has 0 saturated heterocycles. The Balaban J connectivity index is 2.46. The molecule has 0 amide bonds. The molecule has 0 aliphatic carbocycles. The Labute approximate surface area is 92.6 Å². The summed E-state index contributed by atoms with van der Waals surface area (Å²) in [5.74, 6) is 0. The van der Waals surface area contributed by atoms with Crippen molar-refractivity contribution in [3.8, 4) is 10.6 Å². The monoisotopic (exact) mass is 274 g/mol. The average Bonchev–Trinajstić information content (AvgIpc) is 2.61. The van der Waals surface area contributed by atoms with Crippen LogP contribution in [0.4, 0.5) is 5.13 Å². The molecular weight excluding hydrogens is 268 g/mol. The minimum absolute atomic E-state index is 0.622. The highest BCUT2D eigenvalue weighted by Crippen LogP contribution is 2.35. The molecule has 2 aromatic heterocycles. The normalized spacial score (nSPS) is 10.6. The molecule has 0 unspecified atom stereocenters. The van der Waals surface area contributed by atoms with Gasteiger partial charge in [-0.2, -0.15) is 0 Å². The fourth-order valence-corrected chi connectivity index (χ4v) is 3.12. The molecule has 2 N–H and O–H groups in total. The van der Waals surface area contributed by atoms with Crippen LogP contribution in [0.25, 0.3) is 10.6 Å². The maximum absolute atomic E-state index is 5.56. The van der Waals surface area contributed by atoms with Gasteiger partial charge in [-0.25, -0.2) is 4.98 Å². The second kappa shape index (κ2) is 3.40. The molecule has 13 heavy (non-hydrogen) atoms. The van der Waals surface area contributed by atoms with Crippen LogP contribution in [0.15, 0.2) is 15.2 Å². The Morgan fingerprint density at radius 1 is 1.54 bits per heavy atom. The van der Waals surface area contributed by atoms with Gasteiger partial charge in [0, 0.05) is 5.38 Å². The van der Waals surface area contributed by atoms with E-state index < -0.39 is 0 Å². The smallest absolute Gasteiger partial charge is 0.180 e. The zero-order valence-electron chi connectivity index (χ0n) is 6.87. The molecule has 2 nitrogen and oxygen atoms in total. The summed E-state index contributed by atoms with van der Waals surface area (Å²) >= 11 is 6.64. The van der Waals surface area contributed by atoms with Crippen molar-refractivity contribution in [2.24, 2.45) is 0 Å². The topological polar surface area (TPSA) is 38.9 Å². The molecule has 0 aliphatic heterocycles. The van der Waals surface area contributed by atoms with Gasteiger partial charge >= 0.3 is 0 Å². The van der Waals surface area contributed by atoms with Gasteiger partial charge in [-0.05, 0) is 34.5 Å². The molecule has 0 aliphatic rings. The fourth-order valence-electron chi connectivity index (χ4n) is 0.987. The first-order valence-corrected chi connectivity index (χ1v) is 6.13. The van der Waals surface area contributed by atoms with Gasteiger partial charge < -0.3 is 5.73 Å². The molecular formula is C8H7BrN2S2. The maximum atomic E-state index is 5.56. The number of aryl methyl sites for hydroxylation is 1. The van der Waals surface area contributed by atoms with Gasteiger partial charge in [-0.15, -0.1) is 22.7 Å². The molecule has 0 bridgehead atoms. The zero-order chi connectivity index (χ0) is 9.42. The summed E-state index contributed by atoms with van der Waals surface area (Å²) < 4.78 is 1.16. The van der Waals surface area contributed by atoms with Gasteiger partial charge in [-0.1, -0.05) is 0 Å². The number of nitrogen functional groups attached to an aromatic ring is 1. The van der Waals surface area contributed by atoms with Crippen LogP contribution >= 0.6 is 38.6 Å². The van der Waals surface area contributed by atoms with Gasteiger partial charge in [0.1, 0.15) is 0 Å². The first-order chi connectivity index (χ1) is 6.16. The van der Waals surface area contributed by atoms with E-state index in [1.807, 2.05) is 5.38 Å². The Kier molecular flexibility index (Phi) is 2.40. The van der Waals surface area contributed by atoms with E-state index in [0.717, 1.165) is 14.4 Å². The maximum Gasteiger partial charge on any atom is 0.180 e. The number of halogens is 1. The second-order valence-electron chi connectivity index (χ2n) is 2.64. The Morgan fingerprint density at radius 3 is 2.77 bits per heavy atom. The summed E-state index contributed by atoms with van der Waals surface area (Å²) in [6.45, 7) is 2.07. The predicted octanol–water partition coefficient (Wildman–Crippen LogP) is 3.52. The van der Waals surface area contributed by atoms with Crippen LogP contribution in [-0.4, -0.2) is 4.98 Å². The number of thiazole rings is 1. The lowest BCUT2D eigenvalue weighted by Crippen LogP contribution is -1.80. The van der Waals surface area contributed by atoms with Crippen LogP contribution in [0, 0.1) is 6.92 Å². The molecule has 0 saturated carbocycles. The van der Waals surface area contributed by atoms with Crippen LogP contribution in [0.1, 0.15) is 5.56 Å². The van der Waals surface area contributed by atoms with E-state index in [9.17, 15) is 0 Å². The van der Waals surface area contributed by atoms with Crippen molar-refractivity contribution < 1.29 is 0 Å². The van der Waals surface area contributed by atoms with Crippen molar-refractivity contribution >= 4 is 43.7 Å². The SMILES string of the molecule is Cc1cc(-c2csc(N)n2)sc1Br. The number of thiophene rings is 1. The van der Waals surface area contributed by atoms with E-state index in [2.05, 4.69) is 33.9 Å². The number of hydrogen-bond donors (Lipinski definition) is 1. The summed E-state index contributed by atoms with van der Waals surface area (Å²) in [6.07, 6.45) is 0. The van der Waals surface area contributed by atoms with Gasteiger partial charge in [0.2, 0.25) is 0 Å². The van der Waals surface area contributed by atoms with Crippen LogP contribution in [0.3, 0.4) is 0 Å². The Bertz CT molecular complexity index is 414.